The number of furan rings is 1. The third-order valence-electron chi connectivity index (χ3n) is 3.27. The molecule has 114 valence electrons. The summed E-state index contributed by atoms with van der Waals surface area (Å²) in [7, 11) is 5.70. The standard InChI is InChI=1S/C14H20N4O2S/c1-9-12(14(15-2)21-17-9)13(19)16-8-10(18(3)4)11-6-5-7-20-11/h5-7,10,15H,8H2,1-4H3,(H,16,19). The molecule has 2 heterocycles. The van der Waals surface area contributed by atoms with Gasteiger partial charge in [-0.2, -0.15) is 4.37 Å². The second-order valence-electron chi connectivity index (χ2n) is 4.93. The van der Waals surface area contributed by atoms with Crippen LogP contribution in [0.25, 0.3) is 0 Å². The number of hydrogen-bond acceptors (Lipinski definition) is 6. The molecular formula is C14H20N4O2S. The van der Waals surface area contributed by atoms with Crippen LogP contribution in [0.2, 0.25) is 0 Å². The average molecular weight is 308 g/mol. The van der Waals surface area contributed by atoms with Crippen LogP contribution in [0.4, 0.5) is 5.00 Å². The summed E-state index contributed by atoms with van der Waals surface area (Å²) in [6.07, 6.45) is 1.64. The summed E-state index contributed by atoms with van der Waals surface area (Å²) < 4.78 is 9.64. The number of anilines is 1. The number of hydrogen-bond donors (Lipinski definition) is 2. The van der Waals surface area contributed by atoms with Gasteiger partial charge in [0.2, 0.25) is 0 Å². The molecule has 0 fully saturated rings. The topological polar surface area (TPSA) is 70.4 Å². The van der Waals surface area contributed by atoms with E-state index in [1.807, 2.05) is 38.1 Å². The van der Waals surface area contributed by atoms with E-state index in [0.29, 0.717) is 12.1 Å². The zero-order valence-electron chi connectivity index (χ0n) is 12.6. The second-order valence-corrected chi connectivity index (χ2v) is 5.70. The molecule has 0 aliphatic rings. The molecule has 0 radical (unpaired) electrons. The SMILES string of the molecule is CNc1snc(C)c1C(=O)NCC(c1ccco1)N(C)C. The first-order valence-corrected chi connectivity index (χ1v) is 7.44. The van der Waals surface area contributed by atoms with Gasteiger partial charge < -0.3 is 15.1 Å². The van der Waals surface area contributed by atoms with Gasteiger partial charge in [0, 0.05) is 13.6 Å². The minimum Gasteiger partial charge on any atom is -0.468 e. The Labute approximate surface area is 128 Å². The number of rotatable bonds is 6. The van der Waals surface area contributed by atoms with Crippen molar-refractivity contribution in [1.82, 2.24) is 14.6 Å². The fourth-order valence-electron chi connectivity index (χ4n) is 2.10. The Morgan fingerprint density at radius 3 is 2.86 bits per heavy atom. The van der Waals surface area contributed by atoms with Crippen LogP contribution in [0.15, 0.2) is 22.8 Å². The van der Waals surface area contributed by atoms with E-state index in [4.69, 9.17) is 4.42 Å². The van der Waals surface area contributed by atoms with Crippen molar-refractivity contribution in [3.8, 4) is 0 Å². The fourth-order valence-corrected chi connectivity index (χ4v) is 2.85. The van der Waals surface area contributed by atoms with Gasteiger partial charge in [-0.1, -0.05) is 0 Å². The van der Waals surface area contributed by atoms with Crippen molar-refractivity contribution >= 4 is 22.4 Å². The van der Waals surface area contributed by atoms with Crippen LogP contribution in [-0.4, -0.2) is 42.9 Å². The van der Waals surface area contributed by atoms with Crippen molar-refractivity contribution in [3.05, 3.63) is 35.4 Å². The summed E-state index contributed by atoms with van der Waals surface area (Å²) in [6, 6.07) is 3.75. The van der Waals surface area contributed by atoms with Crippen molar-refractivity contribution in [3.63, 3.8) is 0 Å². The highest BCUT2D eigenvalue weighted by atomic mass is 32.1. The lowest BCUT2D eigenvalue weighted by molar-refractivity contribution is 0.0939. The summed E-state index contributed by atoms with van der Waals surface area (Å²) in [4.78, 5) is 14.4. The summed E-state index contributed by atoms with van der Waals surface area (Å²) in [6.45, 7) is 2.31. The molecule has 0 saturated carbocycles. The van der Waals surface area contributed by atoms with Gasteiger partial charge in [-0.25, -0.2) is 0 Å². The summed E-state index contributed by atoms with van der Waals surface area (Å²) in [5, 5.41) is 6.74. The third-order valence-corrected chi connectivity index (χ3v) is 4.22. The summed E-state index contributed by atoms with van der Waals surface area (Å²) in [5.41, 5.74) is 1.35. The van der Waals surface area contributed by atoms with Crippen LogP contribution in [0.3, 0.4) is 0 Å². The lowest BCUT2D eigenvalue weighted by Crippen LogP contribution is -2.34. The molecule has 2 N–H and O–H groups in total. The highest BCUT2D eigenvalue weighted by Gasteiger charge is 2.21. The van der Waals surface area contributed by atoms with E-state index in [1.54, 1.807) is 13.3 Å². The molecule has 2 rings (SSSR count). The molecule has 0 saturated heterocycles. The Morgan fingerprint density at radius 1 is 1.52 bits per heavy atom. The number of amides is 1. The Kier molecular flexibility index (Phi) is 4.98. The molecule has 1 amide bonds. The predicted octanol–water partition coefficient (Wildman–Crippen LogP) is 2.12. The highest BCUT2D eigenvalue weighted by molar-refractivity contribution is 7.10. The van der Waals surface area contributed by atoms with E-state index < -0.39 is 0 Å². The van der Waals surface area contributed by atoms with Crippen molar-refractivity contribution in [2.45, 2.75) is 13.0 Å². The molecule has 2 aromatic heterocycles. The Bertz CT molecular complexity index is 592. The van der Waals surface area contributed by atoms with Gasteiger partial charge >= 0.3 is 0 Å². The lowest BCUT2D eigenvalue weighted by Gasteiger charge is -2.22. The number of carbonyl (C=O) groups excluding carboxylic acids is 1. The van der Waals surface area contributed by atoms with Gasteiger partial charge in [0.15, 0.2) is 0 Å². The molecule has 6 nitrogen and oxygen atoms in total. The maximum absolute atomic E-state index is 12.4. The number of likely N-dealkylation sites (N-methyl/N-ethyl adjacent to an activating group) is 1. The number of aryl methyl sites for hydroxylation is 1. The normalized spacial score (nSPS) is 12.4. The first-order valence-electron chi connectivity index (χ1n) is 6.66. The van der Waals surface area contributed by atoms with Gasteiger partial charge in [0.05, 0.1) is 23.6 Å². The van der Waals surface area contributed by atoms with Gasteiger partial charge in [-0.3, -0.25) is 9.69 Å². The molecule has 0 aliphatic carbocycles. The van der Waals surface area contributed by atoms with E-state index in [9.17, 15) is 4.79 Å². The molecule has 21 heavy (non-hydrogen) atoms. The average Bonchev–Trinajstić information content (AvgIpc) is 3.07. The van der Waals surface area contributed by atoms with Crippen molar-refractivity contribution in [2.24, 2.45) is 0 Å². The largest absolute Gasteiger partial charge is 0.468 e. The molecule has 0 spiro atoms. The maximum atomic E-state index is 12.4. The minimum atomic E-state index is -0.121. The number of nitrogens with one attached hydrogen (secondary N) is 2. The molecule has 0 aromatic carbocycles. The number of aromatic nitrogens is 1. The van der Waals surface area contributed by atoms with E-state index >= 15 is 0 Å². The van der Waals surface area contributed by atoms with Crippen molar-refractivity contribution in [1.29, 1.82) is 0 Å². The lowest BCUT2D eigenvalue weighted by atomic mass is 10.2. The first-order chi connectivity index (χ1) is 10.0. The smallest absolute Gasteiger partial charge is 0.256 e. The third kappa shape index (κ3) is 3.43. The minimum absolute atomic E-state index is 0.00566. The summed E-state index contributed by atoms with van der Waals surface area (Å²) >= 11 is 1.29. The maximum Gasteiger partial charge on any atom is 0.256 e. The molecule has 1 unspecified atom stereocenters. The van der Waals surface area contributed by atoms with Crippen LogP contribution in [-0.2, 0) is 0 Å². The van der Waals surface area contributed by atoms with Crippen molar-refractivity contribution in [2.75, 3.05) is 33.0 Å². The van der Waals surface area contributed by atoms with E-state index in [0.717, 1.165) is 16.5 Å². The zero-order valence-corrected chi connectivity index (χ0v) is 13.5. The van der Waals surface area contributed by atoms with Gasteiger partial charge in [-0.05, 0) is 44.7 Å². The first kappa shape index (κ1) is 15.5. The Morgan fingerprint density at radius 2 is 2.29 bits per heavy atom. The second kappa shape index (κ2) is 6.73. The van der Waals surface area contributed by atoms with Crippen LogP contribution >= 0.6 is 11.5 Å². The highest BCUT2D eigenvalue weighted by Crippen LogP contribution is 2.24. The van der Waals surface area contributed by atoms with Crippen molar-refractivity contribution < 1.29 is 9.21 Å². The number of nitrogens with zero attached hydrogens (tertiary/aromatic N) is 2. The zero-order chi connectivity index (χ0) is 15.4. The molecule has 0 aliphatic heterocycles. The van der Waals surface area contributed by atoms with Crippen LogP contribution in [0.1, 0.15) is 27.9 Å². The molecule has 2 aromatic rings. The number of carbonyl (C=O) groups is 1. The van der Waals surface area contributed by atoms with Gasteiger partial charge in [0.1, 0.15) is 10.8 Å². The fraction of sp³-hybridized carbons (Fsp3) is 0.429. The predicted molar refractivity (Wildman–Crippen MR) is 83.9 cm³/mol. The molecule has 7 heteroatoms. The van der Waals surface area contributed by atoms with Crippen LogP contribution < -0.4 is 10.6 Å². The summed E-state index contributed by atoms with van der Waals surface area (Å²) in [5.74, 6) is 0.707. The van der Waals surface area contributed by atoms with E-state index in [2.05, 4.69) is 15.0 Å². The van der Waals surface area contributed by atoms with E-state index in [-0.39, 0.29) is 11.9 Å². The van der Waals surface area contributed by atoms with E-state index in [1.165, 1.54) is 11.5 Å². The van der Waals surface area contributed by atoms with Gasteiger partial charge in [-0.15, -0.1) is 0 Å². The van der Waals surface area contributed by atoms with Crippen LogP contribution in [0.5, 0.6) is 0 Å². The van der Waals surface area contributed by atoms with Gasteiger partial charge in [0.25, 0.3) is 5.91 Å². The Hall–Kier alpha value is -1.86. The van der Waals surface area contributed by atoms with Crippen LogP contribution in [0, 0.1) is 6.92 Å². The molecular weight excluding hydrogens is 288 g/mol. The molecule has 0 bridgehead atoms. The monoisotopic (exact) mass is 308 g/mol. The molecule has 1 atom stereocenters. The quantitative estimate of drug-likeness (QED) is 0.855. The Balaban J connectivity index is 2.07.